The summed E-state index contributed by atoms with van der Waals surface area (Å²) < 4.78 is 0. The van der Waals surface area contributed by atoms with Crippen LogP contribution in [0.25, 0.3) is 0 Å². The van der Waals surface area contributed by atoms with Crippen molar-refractivity contribution in [3.63, 3.8) is 0 Å². The Kier molecular flexibility index (Phi) is 2.94. The number of anilines is 1. The molecule has 0 saturated heterocycles. The Morgan fingerprint density at radius 2 is 1.93 bits per heavy atom. The highest BCUT2D eigenvalue weighted by molar-refractivity contribution is 6.01. The molecule has 0 atom stereocenters. The molecule has 1 aromatic carbocycles. The van der Waals surface area contributed by atoms with Crippen LogP contribution in [0.1, 0.15) is 40.9 Å². The van der Waals surface area contributed by atoms with Crippen LogP contribution in [0, 0.1) is 13.8 Å². The highest BCUT2D eigenvalue weighted by Crippen LogP contribution is 2.24. The number of Topliss-reactive ketones (excluding diaryl/α,β-unsaturated/α-hetero) is 1. The molecule has 0 aliphatic carbocycles. The third-order valence-electron chi connectivity index (χ3n) is 2.77. The van der Waals surface area contributed by atoms with Crippen LogP contribution in [0.3, 0.4) is 0 Å². The number of aryl methyl sites for hydroxylation is 1. The first kappa shape index (κ1) is 10.8. The molecule has 76 valence electrons. The van der Waals surface area contributed by atoms with Gasteiger partial charge in [-0.2, -0.15) is 0 Å². The van der Waals surface area contributed by atoms with Crippen LogP contribution in [-0.4, -0.2) is 5.78 Å². The first-order chi connectivity index (χ1) is 6.49. The smallest absolute Gasteiger partial charge is 0.162 e. The van der Waals surface area contributed by atoms with Gasteiger partial charge in [0.2, 0.25) is 0 Å². The first-order valence-electron chi connectivity index (χ1n) is 4.88. The van der Waals surface area contributed by atoms with Crippen LogP contribution in [-0.2, 0) is 6.42 Å². The summed E-state index contributed by atoms with van der Waals surface area (Å²) in [7, 11) is 0. The van der Waals surface area contributed by atoms with E-state index in [2.05, 4.69) is 6.92 Å². The van der Waals surface area contributed by atoms with Crippen molar-refractivity contribution < 1.29 is 4.79 Å². The zero-order valence-corrected chi connectivity index (χ0v) is 9.27. The number of ketones is 1. The van der Waals surface area contributed by atoms with Gasteiger partial charge in [0.05, 0.1) is 0 Å². The molecule has 0 fully saturated rings. The molecule has 0 saturated carbocycles. The van der Waals surface area contributed by atoms with E-state index in [0.29, 0.717) is 11.3 Å². The fourth-order valence-electron chi connectivity index (χ4n) is 1.85. The van der Waals surface area contributed by atoms with E-state index in [1.807, 2.05) is 19.9 Å². The number of benzene rings is 1. The summed E-state index contributed by atoms with van der Waals surface area (Å²) >= 11 is 0. The molecule has 0 aliphatic rings. The molecule has 0 bridgehead atoms. The van der Waals surface area contributed by atoms with Crippen molar-refractivity contribution >= 4 is 11.5 Å². The Balaban J connectivity index is 3.49. The van der Waals surface area contributed by atoms with Crippen molar-refractivity contribution in [2.75, 3.05) is 5.73 Å². The molecule has 2 N–H and O–H groups in total. The minimum atomic E-state index is 0.0470. The summed E-state index contributed by atoms with van der Waals surface area (Å²) in [6, 6.07) is 1.92. The van der Waals surface area contributed by atoms with Crippen LogP contribution in [0.4, 0.5) is 5.69 Å². The lowest BCUT2D eigenvalue weighted by Crippen LogP contribution is -2.06. The zero-order chi connectivity index (χ0) is 10.9. The molecule has 1 rings (SSSR count). The molecule has 0 amide bonds. The van der Waals surface area contributed by atoms with Gasteiger partial charge in [-0.15, -0.1) is 0 Å². The van der Waals surface area contributed by atoms with Gasteiger partial charge in [0.1, 0.15) is 0 Å². The third kappa shape index (κ3) is 1.65. The minimum absolute atomic E-state index is 0.0470. The second-order valence-electron chi connectivity index (χ2n) is 3.66. The predicted molar refractivity (Wildman–Crippen MR) is 59.7 cm³/mol. The number of carbonyl (C=O) groups is 1. The van der Waals surface area contributed by atoms with E-state index in [0.717, 1.165) is 12.0 Å². The summed E-state index contributed by atoms with van der Waals surface area (Å²) in [5.74, 6) is 0.0470. The summed E-state index contributed by atoms with van der Waals surface area (Å²) in [5, 5.41) is 0. The molecular weight excluding hydrogens is 174 g/mol. The Labute approximate surface area is 85.1 Å². The molecule has 2 nitrogen and oxygen atoms in total. The highest BCUT2D eigenvalue weighted by Gasteiger charge is 2.12. The second kappa shape index (κ2) is 3.82. The van der Waals surface area contributed by atoms with Crippen molar-refractivity contribution in [1.82, 2.24) is 0 Å². The number of carbonyl (C=O) groups excluding carboxylic acids is 1. The van der Waals surface area contributed by atoms with Crippen molar-refractivity contribution in [3.8, 4) is 0 Å². The normalized spacial score (nSPS) is 10.3. The van der Waals surface area contributed by atoms with E-state index >= 15 is 0 Å². The Hall–Kier alpha value is -1.31. The van der Waals surface area contributed by atoms with Gasteiger partial charge in [-0.25, -0.2) is 0 Å². The topological polar surface area (TPSA) is 43.1 Å². The van der Waals surface area contributed by atoms with Crippen molar-refractivity contribution in [1.29, 1.82) is 0 Å². The Morgan fingerprint density at radius 3 is 2.36 bits per heavy atom. The standard InChI is InChI=1S/C12H17NO/c1-5-10-6-11(13)12(9(4)14)8(3)7(10)2/h6H,5,13H2,1-4H3. The number of nitrogen functional groups attached to an aromatic ring is 1. The maximum Gasteiger partial charge on any atom is 0.162 e. The number of hydrogen-bond acceptors (Lipinski definition) is 2. The van der Waals surface area contributed by atoms with E-state index in [1.165, 1.54) is 11.1 Å². The van der Waals surface area contributed by atoms with E-state index < -0.39 is 0 Å². The van der Waals surface area contributed by atoms with Crippen molar-refractivity contribution in [2.24, 2.45) is 0 Å². The molecule has 1 aromatic rings. The summed E-state index contributed by atoms with van der Waals surface area (Å²) in [4.78, 5) is 11.4. The van der Waals surface area contributed by atoms with Gasteiger partial charge >= 0.3 is 0 Å². The lowest BCUT2D eigenvalue weighted by atomic mass is 9.93. The fraction of sp³-hybridized carbons (Fsp3) is 0.417. The largest absolute Gasteiger partial charge is 0.398 e. The zero-order valence-electron chi connectivity index (χ0n) is 9.27. The highest BCUT2D eigenvalue weighted by atomic mass is 16.1. The molecule has 0 unspecified atom stereocenters. The SMILES string of the molecule is CCc1cc(N)c(C(C)=O)c(C)c1C. The Bertz CT molecular complexity index is 380. The van der Waals surface area contributed by atoms with Crippen LogP contribution in [0.15, 0.2) is 6.07 Å². The molecule has 2 heteroatoms. The molecule has 0 aliphatic heterocycles. The second-order valence-corrected chi connectivity index (χ2v) is 3.66. The van der Waals surface area contributed by atoms with E-state index in [-0.39, 0.29) is 5.78 Å². The fourth-order valence-corrected chi connectivity index (χ4v) is 1.85. The van der Waals surface area contributed by atoms with Gasteiger partial charge in [-0.1, -0.05) is 6.92 Å². The minimum Gasteiger partial charge on any atom is -0.398 e. The average molecular weight is 191 g/mol. The molecular formula is C12H17NO. The maximum absolute atomic E-state index is 11.4. The monoisotopic (exact) mass is 191 g/mol. The number of hydrogen-bond donors (Lipinski definition) is 1. The lowest BCUT2D eigenvalue weighted by molar-refractivity contribution is 0.101. The number of nitrogens with two attached hydrogens (primary N) is 1. The first-order valence-corrected chi connectivity index (χ1v) is 4.88. The van der Waals surface area contributed by atoms with E-state index in [1.54, 1.807) is 6.92 Å². The van der Waals surface area contributed by atoms with Crippen LogP contribution >= 0.6 is 0 Å². The molecule has 0 heterocycles. The molecule has 0 spiro atoms. The van der Waals surface area contributed by atoms with Gasteiger partial charge in [0, 0.05) is 11.3 Å². The van der Waals surface area contributed by atoms with E-state index in [4.69, 9.17) is 5.73 Å². The molecule has 0 aromatic heterocycles. The van der Waals surface area contributed by atoms with Gasteiger partial charge < -0.3 is 5.73 Å². The van der Waals surface area contributed by atoms with Gasteiger partial charge in [0.15, 0.2) is 5.78 Å². The lowest BCUT2D eigenvalue weighted by Gasteiger charge is -2.13. The third-order valence-corrected chi connectivity index (χ3v) is 2.77. The predicted octanol–water partition coefficient (Wildman–Crippen LogP) is 2.65. The maximum atomic E-state index is 11.4. The molecule has 14 heavy (non-hydrogen) atoms. The summed E-state index contributed by atoms with van der Waals surface area (Å²) in [6.45, 7) is 7.65. The summed E-state index contributed by atoms with van der Waals surface area (Å²) in [6.07, 6.45) is 0.953. The number of rotatable bonds is 2. The van der Waals surface area contributed by atoms with Gasteiger partial charge in [-0.3, -0.25) is 4.79 Å². The van der Waals surface area contributed by atoms with Crippen LogP contribution in [0.2, 0.25) is 0 Å². The average Bonchev–Trinajstić information content (AvgIpc) is 2.10. The van der Waals surface area contributed by atoms with Crippen molar-refractivity contribution in [3.05, 3.63) is 28.3 Å². The van der Waals surface area contributed by atoms with Crippen LogP contribution < -0.4 is 5.73 Å². The van der Waals surface area contributed by atoms with Gasteiger partial charge in [0.25, 0.3) is 0 Å². The quantitative estimate of drug-likeness (QED) is 0.577. The van der Waals surface area contributed by atoms with Crippen molar-refractivity contribution in [2.45, 2.75) is 34.1 Å². The molecule has 0 radical (unpaired) electrons. The van der Waals surface area contributed by atoms with Crippen LogP contribution in [0.5, 0.6) is 0 Å². The van der Waals surface area contributed by atoms with Gasteiger partial charge in [-0.05, 0) is 49.9 Å². The van der Waals surface area contributed by atoms with E-state index in [9.17, 15) is 4.79 Å². The Morgan fingerprint density at radius 1 is 1.36 bits per heavy atom. The summed E-state index contributed by atoms with van der Waals surface area (Å²) in [5.41, 5.74) is 10.6.